The minimum Gasteiger partial charge on any atom is -0.398 e. The number of hydrogen-bond acceptors (Lipinski definition) is 3. The largest absolute Gasteiger partial charge is 0.398 e. The maximum atomic E-state index is 12.8. The fourth-order valence-electron chi connectivity index (χ4n) is 1.28. The first-order chi connectivity index (χ1) is 7.85. The number of hydrogen-bond donors (Lipinski definition) is 1. The number of halogens is 1. The monoisotopic (exact) mass is 259 g/mol. The van der Waals surface area contributed by atoms with Gasteiger partial charge in [-0.3, -0.25) is 4.21 Å². The maximum absolute atomic E-state index is 12.8. The molecule has 3 nitrogen and oxygen atoms in total. The molecule has 1 atom stereocenters. The quantitative estimate of drug-likeness (QED) is 0.826. The second-order valence-corrected chi connectivity index (χ2v) is 5.98. The molecule has 0 spiro atoms. The highest BCUT2D eigenvalue weighted by Crippen LogP contribution is 2.21. The Morgan fingerprint density at radius 1 is 1.47 bits per heavy atom. The van der Waals surface area contributed by atoms with Crippen molar-refractivity contribution < 1.29 is 13.3 Å². The number of rotatable bonds is 5. The van der Waals surface area contributed by atoms with Crippen molar-refractivity contribution in [3.8, 4) is 0 Å². The molecule has 1 rings (SSSR count). The van der Waals surface area contributed by atoms with Gasteiger partial charge in [0.2, 0.25) is 0 Å². The normalized spacial score (nSPS) is 13.6. The summed E-state index contributed by atoms with van der Waals surface area (Å²) in [6, 6.07) is 3.93. The van der Waals surface area contributed by atoms with Gasteiger partial charge in [-0.25, -0.2) is 4.39 Å². The molecule has 0 aliphatic carbocycles. The minimum atomic E-state index is -1.22. The highest BCUT2D eigenvalue weighted by molar-refractivity contribution is 7.85. The first-order valence-electron chi connectivity index (χ1n) is 5.34. The Bertz CT molecular complexity index is 421. The van der Waals surface area contributed by atoms with E-state index in [1.807, 2.05) is 13.8 Å². The van der Waals surface area contributed by atoms with E-state index in [9.17, 15) is 8.60 Å². The summed E-state index contributed by atoms with van der Waals surface area (Å²) in [5.41, 5.74) is 5.55. The fourth-order valence-corrected chi connectivity index (χ4v) is 2.72. The van der Waals surface area contributed by atoms with Crippen molar-refractivity contribution in [2.45, 2.75) is 30.8 Å². The van der Waals surface area contributed by atoms with Crippen LogP contribution in [0.1, 0.15) is 20.3 Å². The Labute approximate surface area is 104 Å². The predicted molar refractivity (Wildman–Crippen MR) is 67.8 cm³/mol. The summed E-state index contributed by atoms with van der Waals surface area (Å²) in [6.07, 6.45) is 0.646. The summed E-state index contributed by atoms with van der Waals surface area (Å²) in [6.45, 7) is 3.86. The molecule has 0 aromatic heterocycles. The Hall–Kier alpha value is -0.940. The molecule has 0 radical (unpaired) electrons. The van der Waals surface area contributed by atoms with Gasteiger partial charge in [0.1, 0.15) is 5.82 Å². The van der Waals surface area contributed by atoms with Gasteiger partial charge >= 0.3 is 0 Å². The van der Waals surface area contributed by atoms with Crippen LogP contribution in [0.2, 0.25) is 0 Å². The van der Waals surface area contributed by atoms with Crippen LogP contribution in [-0.2, 0) is 15.5 Å². The standard InChI is InChI=1S/C12H18FNO2S/c1-12(2,16-3)6-7-17(15)11-5-4-9(13)8-10(11)14/h4-5,8H,6-7,14H2,1-3H3. The zero-order valence-electron chi connectivity index (χ0n) is 10.3. The first-order valence-corrected chi connectivity index (χ1v) is 6.66. The van der Waals surface area contributed by atoms with Crippen molar-refractivity contribution in [2.24, 2.45) is 0 Å². The summed E-state index contributed by atoms with van der Waals surface area (Å²) in [4.78, 5) is 0.485. The predicted octanol–water partition coefficient (Wildman–Crippen LogP) is 2.33. The zero-order valence-corrected chi connectivity index (χ0v) is 11.1. The highest BCUT2D eigenvalue weighted by atomic mass is 32.2. The lowest BCUT2D eigenvalue weighted by Gasteiger charge is -2.22. The van der Waals surface area contributed by atoms with Crippen LogP contribution in [0, 0.1) is 5.82 Å². The van der Waals surface area contributed by atoms with Crippen LogP contribution in [0.5, 0.6) is 0 Å². The molecular weight excluding hydrogens is 241 g/mol. The van der Waals surface area contributed by atoms with E-state index < -0.39 is 16.6 Å². The number of methoxy groups -OCH3 is 1. The van der Waals surface area contributed by atoms with Crippen LogP contribution in [0.25, 0.3) is 0 Å². The molecular formula is C12H18FNO2S. The van der Waals surface area contributed by atoms with Gasteiger partial charge < -0.3 is 10.5 Å². The summed E-state index contributed by atoms with van der Waals surface area (Å²) < 4.78 is 30.1. The molecule has 0 amide bonds. The maximum Gasteiger partial charge on any atom is 0.125 e. The number of nitrogen functional groups attached to an aromatic ring is 1. The molecule has 96 valence electrons. The Morgan fingerprint density at radius 3 is 2.65 bits per heavy atom. The molecule has 1 aromatic carbocycles. The molecule has 1 aromatic rings. The van der Waals surface area contributed by atoms with Gasteiger partial charge in [-0.1, -0.05) is 0 Å². The summed E-state index contributed by atoms with van der Waals surface area (Å²) in [7, 11) is 0.397. The van der Waals surface area contributed by atoms with E-state index in [0.29, 0.717) is 17.1 Å². The highest BCUT2D eigenvalue weighted by Gasteiger charge is 2.18. The van der Waals surface area contributed by atoms with Crippen LogP contribution in [0.15, 0.2) is 23.1 Å². The molecule has 0 aliphatic rings. The van der Waals surface area contributed by atoms with Gasteiger partial charge in [0, 0.05) is 12.9 Å². The van der Waals surface area contributed by atoms with Crippen LogP contribution in [0.3, 0.4) is 0 Å². The van der Waals surface area contributed by atoms with Crippen LogP contribution >= 0.6 is 0 Å². The molecule has 0 saturated heterocycles. The number of benzene rings is 1. The van der Waals surface area contributed by atoms with Gasteiger partial charge in [0.05, 0.1) is 27.0 Å². The van der Waals surface area contributed by atoms with Crippen LogP contribution in [0.4, 0.5) is 10.1 Å². The van der Waals surface area contributed by atoms with E-state index in [0.717, 1.165) is 0 Å². The molecule has 0 bridgehead atoms. The minimum absolute atomic E-state index is 0.235. The molecule has 2 N–H and O–H groups in total. The lowest BCUT2D eigenvalue weighted by Crippen LogP contribution is -2.25. The van der Waals surface area contributed by atoms with Gasteiger partial charge in [0.15, 0.2) is 0 Å². The summed E-state index contributed by atoms with van der Waals surface area (Å²) in [5.74, 6) is 0.0249. The smallest absolute Gasteiger partial charge is 0.125 e. The second kappa shape index (κ2) is 5.60. The van der Waals surface area contributed by atoms with E-state index in [2.05, 4.69) is 0 Å². The molecule has 0 aliphatic heterocycles. The molecule has 0 heterocycles. The van der Waals surface area contributed by atoms with Crippen molar-refractivity contribution in [1.29, 1.82) is 0 Å². The fraction of sp³-hybridized carbons (Fsp3) is 0.500. The molecule has 1 unspecified atom stereocenters. The van der Waals surface area contributed by atoms with Crippen LogP contribution < -0.4 is 5.73 Å². The second-order valence-electron chi connectivity index (χ2n) is 4.45. The van der Waals surface area contributed by atoms with E-state index >= 15 is 0 Å². The zero-order chi connectivity index (χ0) is 13.1. The van der Waals surface area contributed by atoms with Crippen molar-refractivity contribution in [2.75, 3.05) is 18.6 Å². The van der Waals surface area contributed by atoms with E-state index in [1.165, 1.54) is 18.2 Å². The molecule has 5 heteroatoms. The third-order valence-electron chi connectivity index (χ3n) is 2.66. The van der Waals surface area contributed by atoms with Crippen molar-refractivity contribution in [3.05, 3.63) is 24.0 Å². The molecule has 0 saturated carbocycles. The van der Waals surface area contributed by atoms with Gasteiger partial charge in [0.25, 0.3) is 0 Å². The van der Waals surface area contributed by atoms with E-state index in [1.54, 1.807) is 7.11 Å². The average Bonchev–Trinajstić information content (AvgIpc) is 2.26. The van der Waals surface area contributed by atoms with Crippen molar-refractivity contribution in [1.82, 2.24) is 0 Å². The Morgan fingerprint density at radius 2 is 2.12 bits per heavy atom. The Kier molecular flexibility index (Phi) is 4.65. The Balaban J connectivity index is 2.71. The van der Waals surface area contributed by atoms with Gasteiger partial charge in [-0.2, -0.15) is 0 Å². The third-order valence-corrected chi connectivity index (χ3v) is 4.10. The molecule has 17 heavy (non-hydrogen) atoms. The first kappa shape index (κ1) is 14.1. The topological polar surface area (TPSA) is 52.3 Å². The number of ether oxygens (including phenoxy) is 1. The number of nitrogens with two attached hydrogens (primary N) is 1. The molecule has 0 fully saturated rings. The van der Waals surface area contributed by atoms with Crippen molar-refractivity contribution in [3.63, 3.8) is 0 Å². The third kappa shape index (κ3) is 4.09. The SMILES string of the molecule is COC(C)(C)CCS(=O)c1ccc(F)cc1N. The lowest BCUT2D eigenvalue weighted by atomic mass is 10.1. The lowest BCUT2D eigenvalue weighted by molar-refractivity contribution is 0.0205. The summed E-state index contributed by atoms with van der Waals surface area (Å²) in [5, 5.41) is 0. The number of anilines is 1. The van der Waals surface area contributed by atoms with E-state index in [-0.39, 0.29) is 11.3 Å². The average molecular weight is 259 g/mol. The summed E-state index contributed by atoms with van der Waals surface area (Å²) >= 11 is 0. The van der Waals surface area contributed by atoms with Gasteiger partial charge in [-0.15, -0.1) is 0 Å². The van der Waals surface area contributed by atoms with Crippen molar-refractivity contribution >= 4 is 16.5 Å². The van der Waals surface area contributed by atoms with Gasteiger partial charge in [-0.05, 0) is 38.5 Å². The van der Waals surface area contributed by atoms with E-state index in [4.69, 9.17) is 10.5 Å². The van der Waals surface area contributed by atoms with Crippen LogP contribution in [-0.4, -0.2) is 22.7 Å².